The number of hydrogen-bond acceptors (Lipinski definition) is 3. The molecule has 0 fully saturated rings. The number of aromatic nitrogens is 1. The van der Waals surface area contributed by atoms with Gasteiger partial charge in [0.05, 0.1) is 6.10 Å². The maximum Gasteiger partial charge on any atom is 0.323 e. The van der Waals surface area contributed by atoms with E-state index < -0.39 is 0 Å². The highest BCUT2D eigenvalue weighted by atomic mass is 16.5. The fraction of sp³-hybridized carbons (Fsp3) is 0.348. The molecule has 3 aromatic rings. The first-order valence-corrected chi connectivity index (χ1v) is 9.64. The lowest BCUT2D eigenvalue weighted by atomic mass is 9.91. The SMILES string of the molecule is CC(C)OC(=O)[C@H]1Cc2c([nH]c3ccccc23)[C@H](C)N1Cc1ccccc1. The third kappa shape index (κ3) is 3.37. The number of H-pyrrole nitrogens is 1. The molecule has 0 amide bonds. The summed E-state index contributed by atoms with van der Waals surface area (Å²) in [7, 11) is 0. The topological polar surface area (TPSA) is 45.3 Å². The molecule has 1 aliphatic rings. The van der Waals surface area contributed by atoms with Crippen LogP contribution in [0.4, 0.5) is 0 Å². The molecular formula is C23H26N2O2. The van der Waals surface area contributed by atoms with Gasteiger partial charge in [0, 0.05) is 35.6 Å². The van der Waals surface area contributed by atoms with Crippen LogP contribution in [0.1, 0.15) is 43.6 Å². The van der Waals surface area contributed by atoms with Gasteiger partial charge in [0.15, 0.2) is 0 Å². The zero-order valence-electron chi connectivity index (χ0n) is 16.1. The minimum Gasteiger partial charge on any atom is -0.462 e. The fourth-order valence-corrected chi connectivity index (χ4v) is 4.11. The summed E-state index contributed by atoms with van der Waals surface area (Å²) in [6, 6.07) is 18.5. The van der Waals surface area contributed by atoms with Gasteiger partial charge in [0.2, 0.25) is 0 Å². The van der Waals surface area contributed by atoms with Gasteiger partial charge in [-0.3, -0.25) is 9.69 Å². The summed E-state index contributed by atoms with van der Waals surface area (Å²) in [4.78, 5) is 18.8. The summed E-state index contributed by atoms with van der Waals surface area (Å²) in [6.07, 6.45) is 0.554. The van der Waals surface area contributed by atoms with Gasteiger partial charge in [-0.15, -0.1) is 0 Å². The van der Waals surface area contributed by atoms with Crippen molar-refractivity contribution < 1.29 is 9.53 Å². The Bertz CT molecular complexity index is 945. The molecule has 1 N–H and O–H groups in total. The van der Waals surface area contributed by atoms with Crippen LogP contribution >= 0.6 is 0 Å². The van der Waals surface area contributed by atoms with E-state index in [2.05, 4.69) is 47.1 Å². The number of carbonyl (C=O) groups is 1. The van der Waals surface area contributed by atoms with Crippen molar-refractivity contribution in [2.24, 2.45) is 0 Å². The van der Waals surface area contributed by atoms with Crippen molar-refractivity contribution in [3.63, 3.8) is 0 Å². The van der Waals surface area contributed by atoms with E-state index in [0.29, 0.717) is 13.0 Å². The van der Waals surface area contributed by atoms with E-state index in [4.69, 9.17) is 4.74 Å². The van der Waals surface area contributed by atoms with Crippen LogP contribution in [0.15, 0.2) is 54.6 Å². The molecule has 0 saturated heterocycles. The van der Waals surface area contributed by atoms with Crippen LogP contribution in [0.25, 0.3) is 10.9 Å². The molecule has 27 heavy (non-hydrogen) atoms. The third-order valence-corrected chi connectivity index (χ3v) is 5.39. The number of ether oxygens (including phenoxy) is 1. The second-order valence-electron chi connectivity index (χ2n) is 7.60. The smallest absolute Gasteiger partial charge is 0.323 e. The summed E-state index contributed by atoms with van der Waals surface area (Å²) in [5, 5.41) is 1.21. The first kappa shape index (κ1) is 17.8. The molecule has 1 aliphatic heterocycles. The molecule has 0 saturated carbocycles. The Kier molecular flexibility index (Phi) is 4.75. The monoisotopic (exact) mass is 362 g/mol. The van der Waals surface area contributed by atoms with Gasteiger partial charge < -0.3 is 9.72 Å². The zero-order chi connectivity index (χ0) is 19.0. The Morgan fingerprint density at radius 1 is 1.15 bits per heavy atom. The predicted molar refractivity (Wildman–Crippen MR) is 107 cm³/mol. The molecule has 2 aromatic carbocycles. The van der Waals surface area contributed by atoms with Gasteiger partial charge in [-0.1, -0.05) is 48.5 Å². The molecule has 0 radical (unpaired) electrons. The van der Waals surface area contributed by atoms with Crippen molar-refractivity contribution in [3.8, 4) is 0 Å². The van der Waals surface area contributed by atoms with Crippen molar-refractivity contribution in [3.05, 3.63) is 71.4 Å². The fourth-order valence-electron chi connectivity index (χ4n) is 4.11. The van der Waals surface area contributed by atoms with E-state index in [-0.39, 0.29) is 24.2 Å². The molecule has 4 rings (SSSR count). The number of rotatable bonds is 4. The molecule has 0 aliphatic carbocycles. The summed E-state index contributed by atoms with van der Waals surface area (Å²) >= 11 is 0. The van der Waals surface area contributed by atoms with Crippen LogP contribution in [-0.4, -0.2) is 28.0 Å². The maximum atomic E-state index is 12.9. The highest BCUT2D eigenvalue weighted by molar-refractivity contribution is 5.87. The maximum absolute atomic E-state index is 12.9. The number of benzene rings is 2. The number of aromatic amines is 1. The summed E-state index contributed by atoms with van der Waals surface area (Å²) < 4.78 is 5.62. The number of esters is 1. The zero-order valence-corrected chi connectivity index (χ0v) is 16.1. The largest absolute Gasteiger partial charge is 0.462 e. The van der Waals surface area contributed by atoms with E-state index in [0.717, 1.165) is 5.52 Å². The number of fused-ring (bicyclic) bond motifs is 3. The first-order valence-electron chi connectivity index (χ1n) is 9.64. The standard InChI is InChI=1S/C23H26N2O2/c1-15(2)27-23(26)21-13-19-18-11-7-8-12-20(18)24-22(19)16(3)25(21)14-17-9-5-4-6-10-17/h4-12,15-16,21,24H,13-14H2,1-3H3/t16-,21+/m0/s1. The second kappa shape index (κ2) is 7.20. The summed E-state index contributed by atoms with van der Waals surface area (Å²) in [5.74, 6) is -0.135. The van der Waals surface area contributed by atoms with E-state index in [1.807, 2.05) is 38.1 Å². The summed E-state index contributed by atoms with van der Waals surface area (Å²) in [5.41, 5.74) is 4.78. The normalized spacial score (nSPS) is 20.0. The summed E-state index contributed by atoms with van der Waals surface area (Å²) in [6.45, 7) is 6.70. The Balaban J connectivity index is 1.75. The molecule has 0 bridgehead atoms. The van der Waals surface area contributed by atoms with Crippen LogP contribution < -0.4 is 0 Å². The quantitative estimate of drug-likeness (QED) is 0.690. The Labute approximate surface area is 160 Å². The molecular weight excluding hydrogens is 336 g/mol. The lowest BCUT2D eigenvalue weighted by molar-refractivity contribution is -0.155. The van der Waals surface area contributed by atoms with Crippen LogP contribution in [0.2, 0.25) is 0 Å². The number of hydrogen-bond donors (Lipinski definition) is 1. The van der Waals surface area contributed by atoms with E-state index in [1.54, 1.807) is 0 Å². The second-order valence-corrected chi connectivity index (χ2v) is 7.60. The number of nitrogens with zero attached hydrogens (tertiary/aromatic N) is 1. The van der Waals surface area contributed by atoms with Crippen molar-refractivity contribution in [2.75, 3.05) is 0 Å². The van der Waals surface area contributed by atoms with Crippen molar-refractivity contribution >= 4 is 16.9 Å². The van der Waals surface area contributed by atoms with E-state index in [9.17, 15) is 4.79 Å². The average molecular weight is 362 g/mol. The molecule has 0 unspecified atom stereocenters. The minimum atomic E-state index is -0.283. The molecule has 4 nitrogen and oxygen atoms in total. The Morgan fingerprint density at radius 2 is 1.85 bits per heavy atom. The molecule has 0 spiro atoms. The first-order chi connectivity index (χ1) is 13.0. The molecule has 2 heterocycles. The van der Waals surface area contributed by atoms with Gasteiger partial charge in [-0.25, -0.2) is 0 Å². The number of carbonyl (C=O) groups excluding carboxylic acids is 1. The van der Waals surface area contributed by atoms with Crippen LogP contribution in [0.5, 0.6) is 0 Å². The van der Waals surface area contributed by atoms with Crippen molar-refractivity contribution in [1.29, 1.82) is 0 Å². The van der Waals surface area contributed by atoms with Crippen molar-refractivity contribution in [1.82, 2.24) is 9.88 Å². The van der Waals surface area contributed by atoms with Crippen LogP contribution in [0, 0.1) is 0 Å². The van der Waals surface area contributed by atoms with E-state index >= 15 is 0 Å². The minimum absolute atomic E-state index is 0.103. The highest BCUT2D eigenvalue weighted by Crippen LogP contribution is 2.38. The number of nitrogens with one attached hydrogen (secondary N) is 1. The Hall–Kier alpha value is -2.59. The lowest BCUT2D eigenvalue weighted by Gasteiger charge is -2.39. The van der Waals surface area contributed by atoms with E-state index in [1.165, 1.54) is 22.2 Å². The third-order valence-electron chi connectivity index (χ3n) is 5.39. The average Bonchev–Trinajstić information content (AvgIpc) is 3.03. The van der Waals surface area contributed by atoms with Gasteiger partial charge in [-0.05, 0) is 38.0 Å². The predicted octanol–water partition coefficient (Wildman–Crippen LogP) is 4.61. The van der Waals surface area contributed by atoms with Gasteiger partial charge >= 0.3 is 5.97 Å². The highest BCUT2D eigenvalue weighted by Gasteiger charge is 2.39. The van der Waals surface area contributed by atoms with Gasteiger partial charge in [-0.2, -0.15) is 0 Å². The molecule has 140 valence electrons. The lowest BCUT2D eigenvalue weighted by Crippen LogP contribution is -2.48. The Morgan fingerprint density at radius 3 is 2.59 bits per heavy atom. The van der Waals surface area contributed by atoms with Gasteiger partial charge in [0.1, 0.15) is 6.04 Å². The molecule has 2 atom stereocenters. The van der Waals surface area contributed by atoms with Gasteiger partial charge in [0.25, 0.3) is 0 Å². The van der Waals surface area contributed by atoms with Crippen molar-refractivity contribution in [2.45, 2.75) is 51.9 Å². The number of para-hydroxylation sites is 1. The van der Waals surface area contributed by atoms with Crippen LogP contribution in [-0.2, 0) is 22.5 Å². The molecule has 1 aromatic heterocycles. The molecule has 4 heteroatoms. The van der Waals surface area contributed by atoms with Crippen LogP contribution in [0.3, 0.4) is 0 Å².